The normalized spacial score (nSPS) is 10.7. The highest BCUT2D eigenvalue weighted by atomic mass is 16.1. The van der Waals surface area contributed by atoms with Gasteiger partial charge >= 0.3 is 0 Å². The van der Waals surface area contributed by atoms with Gasteiger partial charge in [-0.15, -0.1) is 0 Å². The molecule has 0 atom stereocenters. The Balaban J connectivity index is 2.10. The molecule has 0 fully saturated rings. The molecule has 2 heteroatoms. The summed E-state index contributed by atoms with van der Waals surface area (Å²) in [5, 5.41) is 0. The van der Waals surface area contributed by atoms with E-state index in [0.29, 0.717) is 17.9 Å². The Labute approximate surface area is 114 Å². The van der Waals surface area contributed by atoms with E-state index in [1.807, 2.05) is 25.1 Å². The highest BCUT2D eigenvalue weighted by Gasteiger charge is 2.08. The van der Waals surface area contributed by atoms with Crippen LogP contribution in [0.4, 0.5) is 0 Å². The maximum absolute atomic E-state index is 12.1. The van der Waals surface area contributed by atoms with Crippen molar-refractivity contribution < 1.29 is 4.79 Å². The molecule has 0 aliphatic rings. The molecule has 1 heterocycles. The average Bonchev–Trinajstić information content (AvgIpc) is 2.39. The Kier molecular flexibility index (Phi) is 4.10. The number of hydrogen-bond donors (Lipinski definition) is 0. The van der Waals surface area contributed by atoms with Crippen LogP contribution in [-0.4, -0.2) is 10.8 Å². The molecule has 0 spiro atoms. The van der Waals surface area contributed by atoms with Gasteiger partial charge < -0.3 is 0 Å². The van der Waals surface area contributed by atoms with Crippen molar-refractivity contribution in [3.8, 4) is 0 Å². The number of carbonyl (C=O) groups excluding carboxylic acids is 1. The highest BCUT2D eigenvalue weighted by Crippen LogP contribution is 2.16. The first-order valence-electron chi connectivity index (χ1n) is 6.60. The summed E-state index contributed by atoms with van der Waals surface area (Å²) in [5.41, 5.74) is 4.05. The van der Waals surface area contributed by atoms with Gasteiger partial charge in [-0.3, -0.25) is 9.78 Å². The van der Waals surface area contributed by atoms with Crippen molar-refractivity contribution in [3.05, 3.63) is 65.0 Å². The third-order valence-electron chi connectivity index (χ3n) is 3.21. The van der Waals surface area contributed by atoms with E-state index in [0.717, 1.165) is 11.1 Å². The van der Waals surface area contributed by atoms with Crippen LogP contribution >= 0.6 is 0 Å². The van der Waals surface area contributed by atoms with Crippen molar-refractivity contribution in [1.29, 1.82) is 0 Å². The molecular weight excluding hydrogens is 234 g/mol. The summed E-state index contributed by atoms with van der Waals surface area (Å²) >= 11 is 0. The Bertz CT molecular complexity index is 570. The number of rotatable bonds is 4. The largest absolute Gasteiger partial charge is 0.294 e. The minimum absolute atomic E-state index is 0.119. The molecule has 2 rings (SSSR count). The number of aryl methyl sites for hydroxylation is 1. The molecule has 2 aromatic rings. The average molecular weight is 253 g/mol. The van der Waals surface area contributed by atoms with Gasteiger partial charge in [-0.2, -0.15) is 0 Å². The topological polar surface area (TPSA) is 30.0 Å². The molecule has 1 aromatic heterocycles. The fourth-order valence-corrected chi connectivity index (χ4v) is 2.02. The molecule has 0 radical (unpaired) electrons. The van der Waals surface area contributed by atoms with E-state index in [1.165, 1.54) is 5.56 Å². The van der Waals surface area contributed by atoms with Crippen LogP contribution in [0.25, 0.3) is 0 Å². The van der Waals surface area contributed by atoms with E-state index < -0.39 is 0 Å². The summed E-state index contributed by atoms with van der Waals surface area (Å²) in [7, 11) is 0. The molecule has 98 valence electrons. The number of Topliss-reactive ketones (excluding diaryl/α,β-unsaturated/α-hetero) is 1. The zero-order valence-electron chi connectivity index (χ0n) is 11.7. The number of nitrogens with zero attached hydrogens (tertiary/aromatic N) is 1. The van der Waals surface area contributed by atoms with E-state index in [2.05, 4.69) is 31.0 Å². The summed E-state index contributed by atoms with van der Waals surface area (Å²) in [5.74, 6) is 0.638. The van der Waals surface area contributed by atoms with Crippen LogP contribution in [0.5, 0.6) is 0 Å². The summed E-state index contributed by atoms with van der Waals surface area (Å²) in [6.07, 6.45) is 3.83. The SMILES string of the molecule is Cc1cncc(C(=O)Cc2ccc(C(C)C)cc2)c1. The van der Waals surface area contributed by atoms with Crippen molar-refractivity contribution in [1.82, 2.24) is 4.98 Å². The summed E-state index contributed by atoms with van der Waals surface area (Å²) < 4.78 is 0. The minimum atomic E-state index is 0.119. The number of pyridine rings is 1. The third kappa shape index (κ3) is 3.50. The molecule has 19 heavy (non-hydrogen) atoms. The van der Waals surface area contributed by atoms with Crippen LogP contribution in [0.2, 0.25) is 0 Å². The number of aromatic nitrogens is 1. The van der Waals surface area contributed by atoms with Gasteiger partial charge in [0.2, 0.25) is 0 Å². The van der Waals surface area contributed by atoms with E-state index in [4.69, 9.17) is 0 Å². The third-order valence-corrected chi connectivity index (χ3v) is 3.21. The van der Waals surface area contributed by atoms with E-state index >= 15 is 0 Å². The lowest BCUT2D eigenvalue weighted by molar-refractivity contribution is 0.0992. The predicted octanol–water partition coefficient (Wildman–Crippen LogP) is 3.94. The number of carbonyl (C=O) groups is 1. The van der Waals surface area contributed by atoms with Crippen LogP contribution in [0.1, 0.15) is 46.8 Å². The van der Waals surface area contributed by atoms with Crippen LogP contribution in [0, 0.1) is 6.92 Å². The second-order valence-corrected chi connectivity index (χ2v) is 5.25. The lowest BCUT2D eigenvalue weighted by atomic mass is 9.98. The fourth-order valence-electron chi connectivity index (χ4n) is 2.02. The molecule has 0 N–H and O–H groups in total. The first-order valence-corrected chi connectivity index (χ1v) is 6.60. The Morgan fingerprint density at radius 2 is 1.84 bits per heavy atom. The van der Waals surface area contributed by atoms with Crippen molar-refractivity contribution in [2.45, 2.75) is 33.1 Å². The molecule has 2 nitrogen and oxygen atoms in total. The fraction of sp³-hybridized carbons (Fsp3) is 0.294. The van der Waals surface area contributed by atoms with Gasteiger partial charge in [-0.05, 0) is 35.6 Å². The monoisotopic (exact) mass is 253 g/mol. The quantitative estimate of drug-likeness (QED) is 0.772. The molecule has 1 aromatic carbocycles. The van der Waals surface area contributed by atoms with Gasteiger partial charge in [0.15, 0.2) is 5.78 Å². The minimum Gasteiger partial charge on any atom is -0.294 e. The second kappa shape index (κ2) is 5.79. The van der Waals surface area contributed by atoms with Crippen LogP contribution in [-0.2, 0) is 6.42 Å². The summed E-state index contributed by atoms with van der Waals surface area (Å²) in [4.78, 5) is 16.2. The Morgan fingerprint density at radius 1 is 1.16 bits per heavy atom. The molecule has 0 amide bonds. The van der Waals surface area contributed by atoms with E-state index in [-0.39, 0.29) is 5.78 Å². The van der Waals surface area contributed by atoms with Gasteiger partial charge in [0.1, 0.15) is 0 Å². The second-order valence-electron chi connectivity index (χ2n) is 5.25. The van der Waals surface area contributed by atoms with E-state index in [9.17, 15) is 4.79 Å². The first-order chi connectivity index (χ1) is 9.06. The smallest absolute Gasteiger partial charge is 0.168 e. The van der Waals surface area contributed by atoms with Gasteiger partial charge in [-0.25, -0.2) is 0 Å². The number of benzene rings is 1. The molecule has 0 aliphatic heterocycles. The first kappa shape index (κ1) is 13.5. The maximum atomic E-state index is 12.1. The van der Waals surface area contributed by atoms with Crippen molar-refractivity contribution in [2.75, 3.05) is 0 Å². The van der Waals surface area contributed by atoms with Gasteiger partial charge in [0.25, 0.3) is 0 Å². The standard InChI is InChI=1S/C17H19NO/c1-12(2)15-6-4-14(5-7-15)9-17(19)16-8-13(3)10-18-11-16/h4-8,10-12H,9H2,1-3H3. The van der Waals surface area contributed by atoms with Crippen molar-refractivity contribution in [3.63, 3.8) is 0 Å². The highest BCUT2D eigenvalue weighted by molar-refractivity contribution is 5.97. The molecule has 0 bridgehead atoms. The Hall–Kier alpha value is -1.96. The van der Waals surface area contributed by atoms with Gasteiger partial charge in [0, 0.05) is 24.4 Å². The van der Waals surface area contributed by atoms with Gasteiger partial charge in [-0.1, -0.05) is 38.1 Å². The van der Waals surface area contributed by atoms with Crippen LogP contribution in [0.15, 0.2) is 42.7 Å². The zero-order valence-corrected chi connectivity index (χ0v) is 11.7. The number of hydrogen-bond acceptors (Lipinski definition) is 2. The molecule has 0 saturated carbocycles. The summed E-state index contributed by atoms with van der Waals surface area (Å²) in [6.45, 7) is 6.28. The van der Waals surface area contributed by atoms with Crippen molar-refractivity contribution in [2.24, 2.45) is 0 Å². The lowest BCUT2D eigenvalue weighted by Crippen LogP contribution is -2.04. The predicted molar refractivity (Wildman–Crippen MR) is 77.5 cm³/mol. The van der Waals surface area contributed by atoms with Gasteiger partial charge in [0.05, 0.1) is 0 Å². The van der Waals surface area contributed by atoms with E-state index in [1.54, 1.807) is 12.4 Å². The summed E-state index contributed by atoms with van der Waals surface area (Å²) in [6, 6.07) is 10.2. The van der Waals surface area contributed by atoms with Crippen molar-refractivity contribution >= 4 is 5.78 Å². The molecule has 0 unspecified atom stereocenters. The molecular formula is C17H19NO. The maximum Gasteiger partial charge on any atom is 0.168 e. The Morgan fingerprint density at radius 3 is 2.42 bits per heavy atom. The molecule has 0 saturated heterocycles. The number of ketones is 1. The lowest BCUT2D eigenvalue weighted by Gasteiger charge is -2.07. The zero-order chi connectivity index (χ0) is 13.8. The molecule has 0 aliphatic carbocycles. The van der Waals surface area contributed by atoms with Crippen LogP contribution < -0.4 is 0 Å². The van der Waals surface area contributed by atoms with Crippen LogP contribution in [0.3, 0.4) is 0 Å².